The minimum Gasteiger partial charge on any atom is -0.495 e. The molecule has 0 aliphatic carbocycles. The van der Waals surface area contributed by atoms with Crippen molar-refractivity contribution in [2.75, 3.05) is 19.0 Å². The van der Waals surface area contributed by atoms with E-state index in [2.05, 4.69) is 20.6 Å². The zero-order chi connectivity index (χ0) is 15.9. The summed E-state index contributed by atoms with van der Waals surface area (Å²) in [6.07, 6.45) is 0.877. The molecule has 2 rings (SSSR count). The summed E-state index contributed by atoms with van der Waals surface area (Å²) in [6, 6.07) is 9.15. The van der Waals surface area contributed by atoms with Crippen LogP contribution in [0.5, 0.6) is 5.75 Å². The van der Waals surface area contributed by atoms with Gasteiger partial charge in [-0.15, -0.1) is 0 Å². The number of methoxy groups -OCH3 is 1. The Labute approximate surface area is 129 Å². The van der Waals surface area contributed by atoms with E-state index in [1.54, 1.807) is 20.1 Å². The molecule has 0 atom stereocenters. The molecule has 2 aromatic rings. The van der Waals surface area contributed by atoms with E-state index in [4.69, 9.17) is 4.74 Å². The van der Waals surface area contributed by atoms with Crippen LogP contribution in [-0.4, -0.2) is 29.5 Å². The van der Waals surface area contributed by atoms with E-state index < -0.39 is 0 Å². The first-order valence-electron chi connectivity index (χ1n) is 7.18. The number of anilines is 2. The molecule has 0 bridgehead atoms. The van der Waals surface area contributed by atoms with Crippen molar-refractivity contribution in [3.8, 4) is 5.75 Å². The number of hydrogen-bond acceptors (Lipinski definition) is 5. The number of para-hydroxylation sites is 2. The van der Waals surface area contributed by atoms with E-state index in [9.17, 15) is 4.79 Å². The van der Waals surface area contributed by atoms with E-state index in [1.807, 2.05) is 31.2 Å². The van der Waals surface area contributed by atoms with Gasteiger partial charge >= 0.3 is 0 Å². The molecule has 0 unspecified atom stereocenters. The minimum atomic E-state index is -0.199. The SMILES string of the molecule is CCCNC(=O)c1cc(Nc2ccccc2OC)nc(C)n1. The number of rotatable bonds is 6. The number of aryl methyl sites for hydroxylation is 1. The Kier molecular flexibility index (Phi) is 5.30. The second-order valence-electron chi connectivity index (χ2n) is 4.77. The molecule has 0 saturated carbocycles. The summed E-state index contributed by atoms with van der Waals surface area (Å²) >= 11 is 0. The van der Waals surface area contributed by atoms with Gasteiger partial charge in [0.1, 0.15) is 23.1 Å². The molecule has 0 radical (unpaired) electrons. The van der Waals surface area contributed by atoms with Crippen molar-refractivity contribution in [1.82, 2.24) is 15.3 Å². The highest BCUT2D eigenvalue weighted by Crippen LogP contribution is 2.26. The molecule has 0 spiro atoms. The van der Waals surface area contributed by atoms with Gasteiger partial charge < -0.3 is 15.4 Å². The smallest absolute Gasteiger partial charge is 0.270 e. The number of hydrogen-bond donors (Lipinski definition) is 2. The van der Waals surface area contributed by atoms with Gasteiger partial charge in [0.25, 0.3) is 5.91 Å². The van der Waals surface area contributed by atoms with Gasteiger partial charge in [-0.25, -0.2) is 9.97 Å². The predicted molar refractivity (Wildman–Crippen MR) is 85.7 cm³/mol. The molecular weight excluding hydrogens is 280 g/mol. The van der Waals surface area contributed by atoms with Crippen molar-refractivity contribution >= 4 is 17.4 Å². The molecule has 1 aromatic heterocycles. The maximum Gasteiger partial charge on any atom is 0.270 e. The Balaban J connectivity index is 2.24. The van der Waals surface area contributed by atoms with E-state index in [0.29, 0.717) is 29.6 Å². The van der Waals surface area contributed by atoms with Gasteiger partial charge in [-0.1, -0.05) is 19.1 Å². The van der Waals surface area contributed by atoms with Gasteiger partial charge in [0.05, 0.1) is 12.8 Å². The van der Waals surface area contributed by atoms with Crippen molar-refractivity contribution in [3.63, 3.8) is 0 Å². The van der Waals surface area contributed by atoms with E-state index in [0.717, 1.165) is 12.1 Å². The van der Waals surface area contributed by atoms with E-state index in [1.165, 1.54) is 0 Å². The van der Waals surface area contributed by atoms with Crippen molar-refractivity contribution < 1.29 is 9.53 Å². The number of ether oxygens (including phenoxy) is 1. The number of carbonyl (C=O) groups excluding carboxylic acids is 1. The topological polar surface area (TPSA) is 76.1 Å². The molecule has 1 heterocycles. The number of benzene rings is 1. The third-order valence-electron chi connectivity index (χ3n) is 2.98. The summed E-state index contributed by atoms with van der Waals surface area (Å²) in [6.45, 7) is 4.38. The first kappa shape index (κ1) is 15.8. The normalized spacial score (nSPS) is 10.1. The first-order valence-corrected chi connectivity index (χ1v) is 7.18. The summed E-state index contributed by atoms with van der Waals surface area (Å²) in [5.41, 5.74) is 1.13. The van der Waals surface area contributed by atoms with Gasteiger partial charge in [0, 0.05) is 12.6 Å². The Hall–Kier alpha value is -2.63. The number of nitrogens with one attached hydrogen (secondary N) is 2. The number of carbonyl (C=O) groups is 1. The van der Waals surface area contributed by atoms with Crippen LogP contribution < -0.4 is 15.4 Å². The molecular formula is C16H20N4O2. The summed E-state index contributed by atoms with van der Waals surface area (Å²) < 4.78 is 5.29. The molecule has 22 heavy (non-hydrogen) atoms. The summed E-state index contributed by atoms with van der Waals surface area (Å²) in [7, 11) is 1.61. The molecule has 0 saturated heterocycles. The van der Waals surface area contributed by atoms with E-state index in [-0.39, 0.29) is 5.91 Å². The van der Waals surface area contributed by atoms with Crippen LogP contribution in [0.2, 0.25) is 0 Å². The average molecular weight is 300 g/mol. The van der Waals surface area contributed by atoms with Crippen LogP contribution in [0.3, 0.4) is 0 Å². The lowest BCUT2D eigenvalue weighted by Gasteiger charge is -2.11. The van der Waals surface area contributed by atoms with E-state index >= 15 is 0 Å². The van der Waals surface area contributed by atoms with Gasteiger partial charge in [0.2, 0.25) is 0 Å². The van der Waals surface area contributed by atoms with Crippen molar-refractivity contribution in [3.05, 3.63) is 41.9 Å². The quantitative estimate of drug-likeness (QED) is 0.857. The fraction of sp³-hybridized carbons (Fsp3) is 0.312. The molecule has 1 amide bonds. The van der Waals surface area contributed by atoms with Crippen molar-refractivity contribution in [2.45, 2.75) is 20.3 Å². The fourth-order valence-electron chi connectivity index (χ4n) is 1.96. The molecule has 6 nitrogen and oxygen atoms in total. The van der Waals surface area contributed by atoms with Gasteiger partial charge in [-0.2, -0.15) is 0 Å². The second-order valence-corrected chi connectivity index (χ2v) is 4.77. The maximum atomic E-state index is 12.0. The molecule has 2 N–H and O–H groups in total. The fourth-order valence-corrected chi connectivity index (χ4v) is 1.96. The van der Waals surface area contributed by atoms with Gasteiger partial charge in [-0.3, -0.25) is 4.79 Å². The number of nitrogens with zero attached hydrogens (tertiary/aromatic N) is 2. The van der Waals surface area contributed by atoms with Crippen molar-refractivity contribution in [1.29, 1.82) is 0 Å². The zero-order valence-corrected chi connectivity index (χ0v) is 13.0. The molecule has 0 aliphatic rings. The van der Waals surface area contributed by atoms with Crippen LogP contribution in [0.4, 0.5) is 11.5 Å². The second kappa shape index (κ2) is 7.40. The maximum absolute atomic E-state index is 12.0. The van der Waals surface area contributed by atoms with Crippen LogP contribution in [0.25, 0.3) is 0 Å². The lowest BCUT2D eigenvalue weighted by molar-refractivity contribution is 0.0948. The minimum absolute atomic E-state index is 0.199. The number of amides is 1. The Morgan fingerprint density at radius 3 is 2.77 bits per heavy atom. The van der Waals surface area contributed by atoms with Gasteiger partial charge in [-0.05, 0) is 25.5 Å². The van der Waals surface area contributed by atoms with Crippen LogP contribution in [0.15, 0.2) is 30.3 Å². The van der Waals surface area contributed by atoms with Crippen LogP contribution in [0, 0.1) is 6.92 Å². The zero-order valence-electron chi connectivity index (χ0n) is 13.0. The molecule has 0 fully saturated rings. The summed E-state index contributed by atoms with van der Waals surface area (Å²) in [4.78, 5) is 20.5. The Bertz CT molecular complexity index is 658. The Morgan fingerprint density at radius 2 is 2.05 bits per heavy atom. The lowest BCUT2D eigenvalue weighted by Crippen LogP contribution is -2.25. The van der Waals surface area contributed by atoms with Crippen LogP contribution in [-0.2, 0) is 0 Å². The van der Waals surface area contributed by atoms with Crippen LogP contribution in [0.1, 0.15) is 29.7 Å². The largest absolute Gasteiger partial charge is 0.495 e. The molecule has 0 aliphatic heterocycles. The predicted octanol–water partition coefficient (Wildman–Crippen LogP) is 2.68. The van der Waals surface area contributed by atoms with Crippen LogP contribution >= 0.6 is 0 Å². The Morgan fingerprint density at radius 1 is 1.27 bits per heavy atom. The first-order chi connectivity index (χ1) is 10.6. The van der Waals surface area contributed by atoms with Crippen molar-refractivity contribution in [2.24, 2.45) is 0 Å². The standard InChI is InChI=1S/C16H20N4O2/c1-4-9-17-16(21)13-10-15(19-11(2)18-13)20-12-7-5-6-8-14(12)22-3/h5-8,10H,4,9H2,1-3H3,(H,17,21)(H,18,19,20). The number of aromatic nitrogens is 2. The molecule has 116 valence electrons. The third-order valence-corrected chi connectivity index (χ3v) is 2.98. The average Bonchev–Trinajstić information content (AvgIpc) is 2.52. The summed E-state index contributed by atoms with van der Waals surface area (Å²) in [5.74, 6) is 1.59. The highest BCUT2D eigenvalue weighted by Gasteiger charge is 2.11. The lowest BCUT2D eigenvalue weighted by atomic mass is 10.3. The monoisotopic (exact) mass is 300 g/mol. The highest BCUT2D eigenvalue weighted by atomic mass is 16.5. The third kappa shape index (κ3) is 3.94. The summed E-state index contributed by atoms with van der Waals surface area (Å²) in [5, 5.41) is 5.97. The van der Waals surface area contributed by atoms with Gasteiger partial charge in [0.15, 0.2) is 0 Å². The molecule has 6 heteroatoms. The molecule has 1 aromatic carbocycles. The highest BCUT2D eigenvalue weighted by molar-refractivity contribution is 5.93.